The van der Waals surface area contributed by atoms with Crippen molar-refractivity contribution in [1.29, 1.82) is 0 Å². The summed E-state index contributed by atoms with van der Waals surface area (Å²) in [7, 11) is 0. The minimum absolute atomic E-state index is 0.0612. The van der Waals surface area contributed by atoms with E-state index in [0.717, 1.165) is 38.0 Å². The van der Waals surface area contributed by atoms with E-state index >= 15 is 0 Å². The van der Waals surface area contributed by atoms with Crippen molar-refractivity contribution in [2.24, 2.45) is 29.6 Å². The Kier molecular flexibility index (Phi) is 9.51. The molecule has 10 heteroatoms. The third kappa shape index (κ3) is 6.25. The summed E-state index contributed by atoms with van der Waals surface area (Å²) in [4.78, 5) is 55.4. The topological polar surface area (TPSA) is 108 Å². The summed E-state index contributed by atoms with van der Waals surface area (Å²) in [6.45, 7) is 7.70. The van der Waals surface area contributed by atoms with Crippen molar-refractivity contribution < 1.29 is 19.2 Å². The van der Waals surface area contributed by atoms with Gasteiger partial charge in [-0.05, 0) is 62.7 Å². The fourth-order valence-electron chi connectivity index (χ4n) is 8.09. The molecule has 4 saturated carbocycles. The van der Waals surface area contributed by atoms with Crippen molar-refractivity contribution in [2.45, 2.75) is 99.1 Å². The van der Waals surface area contributed by atoms with Crippen LogP contribution in [0, 0.1) is 29.6 Å². The molecule has 0 spiro atoms. The minimum Gasteiger partial charge on any atom is -0.346 e. The van der Waals surface area contributed by atoms with Gasteiger partial charge in [0.2, 0.25) is 17.6 Å². The van der Waals surface area contributed by atoms with Crippen molar-refractivity contribution in [3.05, 3.63) is 25.3 Å². The molecule has 226 valence electrons. The molecule has 4 aliphatic carbocycles. The maximum absolute atomic E-state index is 14.4. The highest BCUT2D eigenvalue weighted by Crippen LogP contribution is 2.65. The van der Waals surface area contributed by atoms with Gasteiger partial charge in [0, 0.05) is 31.0 Å². The molecule has 1 saturated heterocycles. The lowest BCUT2D eigenvalue weighted by Crippen LogP contribution is -2.60. The molecule has 41 heavy (non-hydrogen) atoms. The number of likely N-dealkylation sites (tertiary alicyclic amines) is 1. The summed E-state index contributed by atoms with van der Waals surface area (Å²) in [5, 5.41) is 9.09. The largest absolute Gasteiger partial charge is 0.346 e. The molecule has 5 aliphatic rings. The molecule has 0 radical (unpaired) electrons. The summed E-state index contributed by atoms with van der Waals surface area (Å²) in [6.07, 6.45) is 14.0. The van der Waals surface area contributed by atoms with E-state index in [-0.39, 0.29) is 36.8 Å². The summed E-state index contributed by atoms with van der Waals surface area (Å²) in [5.74, 6) is -1.13. The lowest BCUT2D eigenvalue weighted by atomic mass is 9.82. The lowest BCUT2D eigenvalue weighted by Gasteiger charge is -2.39. The fraction of sp³-hybridized carbons (Fsp3) is 0.742. The quantitative estimate of drug-likeness (QED) is 0.168. The first-order valence-corrected chi connectivity index (χ1v) is 16.2. The summed E-state index contributed by atoms with van der Waals surface area (Å²) in [5.41, 5.74) is 0. The molecule has 4 unspecified atom stereocenters. The number of carbonyl (C=O) groups is 4. The number of fused-ring (bicyclic) bond motifs is 3. The van der Waals surface area contributed by atoms with Gasteiger partial charge in [-0.3, -0.25) is 19.2 Å². The van der Waals surface area contributed by atoms with Gasteiger partial charge in [0.1, 0.15) is 10.4 Å². The van der Waals surface area contributed by atoms with Crippen LogP contribution < -0.4 is 16.0 Å². The Morgan fingerprint density at radius 3 is 2.39 bits per heavy atom. The van der Waals surface area contributed by atoms with E-state index in [4.69, 9.17) is 23.2 Å². The number of nitrogens with one attached hydrogen (secondary N) is 3. The second kappa shape index (κ2) is 12.8. The molecule has 5 fully saturated rings. The summed E-state index contributed by atoms with van der Waals surface area (Å²) in [6, 6.07) is -1.97. The van der Waals surface area contributed by atoms with Gasteiger partial charge in [-0.15, -0.1) is 36.4 Å². The van der Waals surface area contributed by atoms with E-state index in [9.17, 15) is 19.2 Å². The predicted octanol–water partition coefficient (Wildman–Crippen LogP) is 3.67. The van der Waals surface area contributed by atoms with Gasteiger partial charge in [-0.2, -0.15) is 0 Å². The van der Waals surface area contributed by atoms with Gasteiger partial charge in [0.15, 0.2) is 0 Å². The van der Waals surface area contributed by atoms with E-state index in [1.165, 1.54) is 31.8 Å². The van der Waals surface area contributed by atoms with Crippen LogP contribution >= 0.6 is 23.2 Å². The monoisotopic (exact) mass is 606 g/mol. The Bertz CT molecular complexity index is 1060. The maximum Gasteiger partial charge on any atom is 0.289 e. The first-order chi connectivity index (χ1) is 19.7. The number of amides is 3. The van der Waals surface area contributed by atoms with Gasteiger partial charge < -0.3 is 20.9 Å². The number of Topliss-reactive ketones (excluding diaryl/α,β-unsaturated/α-hetero) is 1. The van der Waals surface area contributed by atoms with Crippen LogP contribution in [0.2, 0.25) is 0 Å². The molecule has 0 aromatic heterocycles. The molecule has 3 N–H and O–H groups in total. The number of hydrogen-bond acceptors (Lipinski definition) is 5. The van der Waals surface area contributed by atoms with Gasteiger partial charge >= 0.3 is 0 Å². The highest BCUT2D eigenvalue weighted by atomic mass is 35.5. The van der Waals surface area contributed by atoms with Gasteiger partial charge in [0.25, 0.3) is 5.91 Å². The van der Waals surface area contributed by atoms with Crippen LogP contribution in [0.5, 0.6) is 0 Å². The van der Waals surface area contributed by atoms with Crippen LogP contribution in [0.4, 0.5) is 0 Å². The molecular weight excluding hydrogens is 563 g/mol. The molecule has 3 amide bonds. The zero-order valence-electron chi connectivity index (χ0n) is 23.8. The molecule has 0 aromatic rings. The van der Waals surface area contributed by atoms with E-state index in [1.807, 2.05) is 0 Å². The van der Waals surface area contributed by atoms with Crippen LogP contribution in [0.3, 0.4) is 0 Å². The van der Waals surface area contributed by atoms with Crippen molar-refractivity contribution in [2.75, 3.05) is 13.1 Å². The molecule has 5 rings (SSSR count). The number of alkyl halides is 2. The third-order valence-electron chi connectivity index (χ3n) is 10.3. The van der Waals surface area contributed by atoms with Crippen LogP contribution in [-0.4, -0.2) is 70.0 Å². The van der Waals surface area contributed by atoms with Gasteiger partial charge in [-0.25, -0.2) is 0 Å². The van der Waals surface area contributed by atoms with Crippen LogP contribution in [0.1, 0.15) is 70.6 Å². The molecular formula is C31H44Cl2N4O4. The molecule has 2 bridgehead atoms. The average Bonchev–Trinajstić information content (AvgIpc) is 3.50. The maximum atomic E-state index is 14.4. The van der Waals surface area contributed by atoms with Crippen LogP contribution in [0.15, 0.2) is 25.3 Å². The fourth-order valence-corrected chi connectivity index (χ4v) is 8.91. The van der Waals surface area contributed by atoms with Gasteiger partial charge in [-0.1, -0.05) is 37.8 Å². The first-order valence-electron chi connectivity index (χ1n) is 15.5. The number of rotatable bonds is 13. The van der Waals surface area contributed by atoms with Crippen LogP contribution in [0.25, 0.3) is 0 Å². The van der Waals surface area contributed by atoms with Crippen molar-refractivity contribution in [3.8, 4) is 0 Å². The average molecular weight is 608 g/mol. The first kappa shape index (κ1) is 30.6. The standard InChI is InChI=1S/C31H44Cl2N4O4/c1-3-5-11-22(27(38)29(40)34-14-4-2)36-28(39)26-24-21(31(24,32)33)17-37(26)30(41)25(19-9-7-6-8-10-19)35-23-16-18-12-13-20(23)15-18/h3-4,18-26,35H,1-2,5-17H2,(H,34,40)(H,36,39)/t18?,20?,21-,22?,23?,24-,25-,26-/m0/s1. The molecule has 8 atom stereocenters. The lowest BCUT2D eigenvalue weighted by molar-refractivity contribution is -0.144. The normalized spacial score (nSPS) is 33.0. The van der Waals surface area contributed by atoms with E-state index in [2.05, 4.69) is 29.1 Å². The Morgan fingerprint density at radius 1 is 1.00 bits per heavy atom. The molecule has 8 nitrogen and oxygen atoms in total. The second-order valence-corrected chi connectivity index (χ2v) is 14.3. The second-order valence-electron chi connectivity index (χ2n) is 12.9. The Balaban J connectivity index is 1.35. The minimum atomic E-state index is -1.10. The number of piperidine rings is 1. The Morgan fingerprint density at radius 2 is 1.76 bits per heavy atom. The number of nitrogens with zero attached hydrogens (tertiary/aromatic N) is 1. The number of ketones is 1. The molecule has 1 aliphatic heterocycles. The SMILES string of the molecule is C=CCCC(NC(=O)[C@@H]1[C@@H]2[C@H](CN1C(=O)[C@@H](NC1CC3CCC1C3)C1CCCCC1)C2(Cl)Cl)C(=O)C(=O)NCC=C. The van der Waals surface area contributed by atoms with Gasteiger partial charge in [0.05, 0.1) is 12.1 Å². The highest BCUT2D eigenvalue weighted by Gasteiger charge is 2.74. The molecule has 0 aromatic carbocycles. The molecule has 1 heterocycles. The van der Waals surface area contributed by atoms with Crippen LogP contribution in [-0.2, 0) is 19.2 Å². The van der Waals surface area contributed by atoms with Crippen molar-refractivity contribution in [1.82, 2.24) is 20.9 Å². The zero-order chi connectivity index (χ0) is 29.3. The smallest absolute Gasteiger partial charge is 0.289 e. The van der Waals surface area contributed by atoms with E-state index < -0.39 is 39.9 Å². The number of allylic oxidation sites excluding steroid dienone is 1. The Hall–Kier alpha value is -1.90. The number of hydrogen-bond donors (Lipinski definition) is 3. The third-order valence-corrected chi connectivity index (χ3v) is 11.4. The predicted molar refractivity (Wildman–Crippen MR) is 159 cm³/mol. The zero-order valence-corrected chi connectivity index (χ0v) is 25.3. The van der Waals surface area contributed by atoms with Crippen molar-refractivity contribution in [3.63, 3.8) is 0 Å². The number of halogens is 2. The van der Waals surface area contributed by atoms with E-state index in [1.54, 1.807) is 11.0 Å². The highest BCUT2D eigenvalue weighted by molar-refractivity contribution is 6.51. The van der Waals surface area contributed by atoms with Crippen molar-refractivity contribution >= 4 is 46.7 Å². The Labute approximate surface area is 253 Å². The summed E-state index contributed by atoms with van der Waals surface area (Å²) >= 11 is 13.2. The summed E-state index contributed by atoms with van der Waals surface area (Å²) < 4.78 is -1.10. The number of carbonyl (C=O) groups excluding carboxylic acids is 4. The van der Waals surface area contributed by atoms with E-state index in [0.29, 0.717) is 24.9 Å².